The number of benzene rings is 2. The second-order valence-electron chi connectivity index (χ2n) is 6.43. The summed E-state index contributed by atoms with van der Waals surface area (Å²) in [6.45, 7) is 3.69. The maximum absolute atomic E-state index is 6.48. The first-order chi connectivity index (χ1) is 14.2. The fraction of sp³-hybridized carbons (Fsp3) is 0.364. The minimum Gasteiger partial charge on any atom is -0.494 e. The summed E-state index contributed by atoms with van der Waals surface area (Å²) in [7, 11) is 3.21. The number of aromatic nitrogens is 2. The topological polar surface area (TPSA) is 62.7 Å². The lowest BCUT2D eigenvalue weighted by Gasteiger charge is -2.13. The molecule has 29 heavy (non-hydrogen) atoms. The zero-order valence-electron chi connectivity index (χ0n) is 16.9. The molecule has 0 saturated heterocycles. The van der Waals surface area contributed by atoms with Crippen LogP contribution in [-0.2, 0) is 4.74 Å². The van der Waals surface area contributed by atoms with Crippen molar-refractivity contribution in [2.45, 2.75) is 19.8 Å². The van der Waals surface area contributed by atoms with E-state index in [2.05, 4.69) is 16.9 Å². The molecule has 0 aliphatic carbocycles. The predicted octanol–water partition coefficient (Wildman–Crippen LogP) is 5.16. The van der Waals surface area contributed by atoms with Crippen molar-refractivity contribution in [3.05, 3.63) is 41.6 Å². The Kier molecular flexibility index (Phi) is 7.49. The van der Waals surface area contributed by atoms with Crippen molar-refractivity contribution < 1.29 is 18.9 Å². The van der Waals surface area contributed by atoms with E-state index in [1.165, 1.54) is 0 Å². The minimum atomic E-state index is 0.349. The van der Waals surface area contributed by atoms with Gasteiger partial charge in [0.1, 0.15) is 17.5 Å². The Morgan fingerprint density at radius 1 is 0.931 bits per heavy atom. The molecule has 0 amide bonds. The van der Waals surface area contributed by atoms with Gasteiger partial charge in [-0.3, -0.25) is 0 Å². The number of hydrogen-bond donors (Lipinski definition) is 0. The van der Waals surface area contributed by atoms with Gasteiger partial charge >= 0.3 is 0 Å². The number of nitrogens with zero attached hydrogens (tertiary/aromatic N) is 2. The third-order valence-corrected chi connectivity index (χ3v) is 4.63. The van der Waals surface area contributed by atoms with Crippen molar-refractivity contribution in [3.63, 3.8) is 0 Å². The van der Waals surface area contributed by atoms with Gasteiger partial charge in [-0.1, -0.05) is 37.1 Å². The van der Waals surface area contributed by atoms with E-state index in [-0.39, 0.29) is 0 Å². The molecule has 0 spiro atoms. The monoisotopic (exact) mass is 416 g/mol. The number of hydrogen-bond acceptors (Lipinski definition) is 6. The van der Waals surface area contributed by atoms with Crippen LogP contribution in [0, 0.1) is 0 Å². The molecule has 0 radical (unpaired) electrons. The number of unbranched alkanes of at least 4 members (excludes halogenated alkanes) is 1. The van der Waals surface area contributed by atoms with Crippen molar-refractivity contribution >= 4 is 22.5 Å². The Bertz CT molecular complexity index is 965. The number of halogens is 1. The van der Waals surface area contributed by atoms with Gasteiger partial charge in [-0.2, -0.15) is 0 Å². The maximum Gasteiger partial charge on any atom is 0.162 e. The van der Waals surface area contributed by atoms with Crippen LogP contribution in [0.25, 0.3) is 22.3 Å². The minimum absolute atomic E-state index is 0.349. The van der Waals surface area contributed by atoms with E-state index in [4.69, 9.17) is 30.5 Å². The molecule has 0 aliphatic heterocycles. The maximum atomic E-state index is 6.48. The Balaban J connectivity index is 1.94. The average molecular weight is 417 g/mol. The smallest absolute Gasteiger partial charge is 0.162 e. The van der Waals surface area contributed by atoms with Gasteiger partial charge in [0.15, 0.2) is 17.3 Å². The lowest BCUT2D eigenvalue weighted by atomic mass is 10.1. The lowest BCUT2D eigenvalue weighted by Crippen LogP contribution is -2.05. The molecule has 1 aromatic heterocycles. The van der Waals surface area contributed by atoms with Crippen LogP contribution in [0.4, 0.5) is 0 Å². The van der Waals surface area contributed by atoms with Gasteiger partial charge in [0.2, 0.25) is 0 Å². The van der Waals surface area contributed by atoms with Crippen LogP contribution in [0.15, 0.2) is 36.4 Å². The first kappa shape index (κ1) is 21.1. The lowest BCUT2D eigenvalue weighted by molar-refractivity contribution is 0.144. The highest BCUT2D eigenvalue weighted by molar-refractivity contribution is 6.34. The molecule has 154 valence electrons. The van der Waals surface area contributed by atoms with Crippen LogP contribution >= 0.6 is 11.6 Å². The molecule has 0 aliphatic rings. The van der Waals surface area contributed by atoms with E-state index < -0.39 is 0 Å². The van der Waals surface area contributed by atoms with Gasteiger partial charge in [0.05, 0.1) is 25.8 Å². The molecule has 0 unspecified atom stereocenters. The molecule has 6 nitrogen and oxygen atoms in total. The molecule has 1 heterocycles. The molecule has 0 fully saturated rings. The van der Waals surface area contributed by atoms with Crippen molar-refractivity contribution in [2.24, 2.45) is 0 Å². The highest BCUT2D eigenvalue weighted by atomic mass is 35.5. The molecule has 7 heteroatoms. The summed E-state index contributed by atoms with van der Waals surface area (Å²) in [5.74, 6) is 2.46. The van der Waals surface area contributed by atoms with Gasteiger partial charge in [-0.25, -0.2) is 9.97 Å². The first-order valence-corrected chi connectivity index (χ1v) is 9.94. The van der Waals surface area contributed by atoms with Crippen LogP contribution < -0.4 is 14.2 Å². The van der Waals surface area contributed by atoms with E-state index in [1.807, 2.05) is 24.3 Å². The quantitative estimate of drug-likeness (QED) is 0.336. The number of fused-ring (bicyclic) bond motifs is 1. The Morgan fingerprint density at radius 3 is 2.55 bits per heavy atom. The van der Waals surface area contributed by atoms with Gasteiger partial charge in [0, 0.05) is 24.1 Å². The van der Waals surface area contributed by atoms with Crippen LogP contribution in [0.5, 0.6) is 17.2 Å². The van der Waals surface area contributed by atoms with Crippen molar-refractivity contribution in [3.8, 4) is 28.6 Å². The van der Waals surface area contributed by atoms with Gasteiger partial charge in [-0.05, 0) is 24.6 Å². The highest BCUT2D eigenvalue weighted by Gasteiger charge is 2.14. The number of ether oxygens (including phenoxy) is 4. The first-order valence-electron chi connectivity index (χ1n) is 9.56. The predicted molar refractivity (Wildman–Crippen MR) is 114 cm³/mol. The molecular formula is C22H25ClN2O4. The summed E-state index contributed by atoms with van der Waals surface area (Å²) < 4.78 is 22.0. The van der Waals surface area contributed by atoms with E-state index >= 15 is 0 Å². The summed E-state index contributed by atoms with van der Waals surface area (Å²) in [5, 5.41) is 1.04. The molecule has 3 aromatic rings. The molecule has 0 bridgehead atoms. The van der Waals surface area contributed by atoms with E-state index in [0.29, 0.717) is 53.2 Å². The zero-order chi connectivity index (χ0) is 20.6. The third kappa shape index (κ3) is 5.28. The summed E-state index contributed by atoms with van der Waals surface area (Å²) in [4.78, 5) is 9.16. The number of rotatable bonds is 10. The van der Waals surface area contributed by atoms with E-state index in [0.717, 1.165) is 24.2 Å². The second-order valence-corrected chi connectivity index (χ2v) is 6.79. The number of methoxy groups -OCH3 is 2. The van der Waals surface area contributed by atoms with Gasteiger partial charge in [-0.15, -0.1) is 0 Å². The van der Waals surface area contributed by atoms with Crippen LogP contribution in [0.1, 0.15) is 19.8 Å². The third-order valence-electron chi connectivity index (χ3n) is 4.34. The van der Waals surface area contributed by atoms with E-state index in [9.17, 15) is 0 Å². The molecule has 0 saturated carbocycles. The molecule has 2 aromatic carbocycles. The molecular weight excluding hydrogens is 392 g/mol. The fourth-order valence-corrected chi connectivity index (χ4v) is 3.03. The summed E-state index contributed by atoms with van der Waals surface area (Å²) >= 11 is 6.48. The fourth-order valence-electron chi connectivity index (χ4n) is 2.79. The molecule has 0 N–H and O–H groups in total. The highest BCUT2D eigenvalue weighted by Crippen LogP contribution is 2.35. The Morgan fingerprint density at radius 2 is 1.79 bits per heavy atom. The average Bonchev–Trinajstić information content (AvgIpc) is 2.74. The van der Waals surface area contributed by atoms with Crippen molar-refractivity contribution in [1.29, 1.82) is 0 Å². The Labute approximate surface area is 175 Å². The summed E-state index contributed by atoms with van der Waals surface area (Å²) in [6, 6.07) is 11.3. The van der Waals surface area contributed by atoms with E-state index in [1.54, 1.807) is 26.4 Å². The van der Waals surface area contributed by atoms with Gasteiger partial charge < -0.3 is 18.9 Å². The van der Waals surface area contributed by atoms with Crippen LogP contribution in [0.3, 0.4) is 0 Å². The van der Waals surface area contributed by atoms with Crippen LogP contribution in [-0.4, -0.2) is 44.0 Å². The molecule has 3 rings (SSSR count). The Hall–Kier alpha value is -2.57. The van der Waals surface area contributed by atoms with Crippen molar-refractivity contribution in [2.75, 3.05) is 34.0 Å². The van der Waals surface area contributed by atoms with Crippen LogP contribution in [0.2, 0.25) is 5.15 Å². The largest absolute Gasteiger partial charge is 0.494 e. The van der Waals surface area contributed by atoms with Crippen molar-refractivity contribution in [1.82, 2.24) is 9.97 Å². The SMILES string of the molecule is CCCCOc1cccc(-c2nc(Cl)c3cc(OCCOC)c(OC)cc3n2)c1. The summed E-state index contributed by atoms with van der Waals surface area (Å²) in [5.41, 5.74) is 1.51. The normalized spacial score (nSPS) is 10.9. The standard InChI is InChI=1S/C22H25ClN2O4/c1-4-5-9-28-16-8-6-7-15(12-16)22-24-18-14-19(27-3)20(29-11-10-26-2)13-17(18)21(23)25-22/h6-8,12-14H,4-5,9-11H2,1-3H3. The van der Waals surface area contributed by atoms with Gasteiger partial charge in [0.25, 0.3) is 0 Å². The second kappa shape index (κ2) is 10.3. The molecule has 0 atom stereocenters. The summed E-state index contributed by atoms with van der Waals surface area (Å²) in [6.07, 6.45) is 2.10. The zero-order valence-corrected chi connectivity index (χ0v) is 17.7.